The van der Waals surface area contributed by atoms with Crippen LogP contribution in [0.15, 0.2) is 11.4 Å². The van der Waals surface area contributed by atoms with Crippen molar-refractivity contribution in [2.45, 2.75) is 44.7 Å². The van der Waals surface area contributed by atoms with Crippen molar-refractivity contribution in [1.82, 2.24) is 10.3 Å². The van der Waals surface area contributed by atoms with Crippen LogP contribution in [0.4, 0.5) is 0 Å². The number of hydrogen-bond donors (Lipinski definition) is 2. The van der Waals surface area contributed by atoms with Crippen LogP contribution in [0.1, 0.15) is 47.3 Å². The Morgan fingerprint density at radius 3 is 3.11 bits per heavy atom. The summed E-state index contributed by atoms with van der Waals surface area (Å²) in [6.07, 6.45) is 6.77. The molecule has 1 aromatic rings. The van der Waals surface area contributed by atoms with Gasteiger partial charge < -0.3 is 0 Å². The molecular weight excluding hydrogens is 258 g/mol. The Hall–Kier alpha value is -0.910. The van der Waals surface area contributed by atoms with Crippen LogP contribution < -0.4 is 11.3 Å². The van der Waals surface area contributed by atoms with Crippen molar-refractivity contribution < 1.29 is 4.79 Å². The van der Waals surface area contributed by atoms with Gasteiger partial charge in [-0.15, -0.1) is 11.3 Å². The molecule has 3 N–H and O–H groups in total. The lowest BCUT2D eigenvalue weighted by Crippen LogP contribution is -2.42. The molecule has 2 unspecified atom stereocenters. The van der Waals surface area contributed by atoms with Gasteiger partial charge in [-0.25, -0.2) is 5.84 Å². The summed E-state index contributed by atoms with van der Waals surface area (Å²) in [5.41, 5.74) is 3.37. The van der Waals surface area contributed by atoms with Gasteiger partial charge in [0, 0.05) is 12.6 Å². The standard InChI is InChI=1S/C14H21N3OS/c15-16-14(18)13-11(6-8-19-13)9-17-7-2-4-10-3-1-5-12(10)17/h6,8,10,12H,1-5,7,9,15H2,(H,16,18). The van der Waals surface area contributed by atoms with Crippen molar-refractivity contribution in [3.05, 3.63) is 21.9 Å². The molecule has 1 aliphatic carbocycles. The number of nitrogens with zero attached hydrogens (tertiary/aromatic N) is 1. The van der Waals surface area contributed by atoms with Crippen LogP contribution in [0, 0.1) is 5.92 Å². The Bertz CT molecular complexity index is 459. The number of hydrazine groups is 1. The number of fused-ring (bicyclic) bond motifs is 1. The van der Waals surface area contributed by atoms with Crippen LogP contribution in [0.3, 0.4) is 0 Å². The minimum Gasteiger partial charge on any atom is -0.296 e. The number of rotatable bonds is 3. The first kappa shape index (κ1) is 13.1. The van der Waals surface area contributed by atoms with Crippen LogP contribution in [0.25, 0.3) is 0 Å². The SMILES string of the molecule is NNC(=O)c1sccc1CN1CCCC2CCCC21. The van der Waals surface area contributed by atoms with Gasteiger partial charge in [-0.2, -0.15) is 0 Å². The van der Waals surface area contributed by atoms with Crippen LogP contribution in [0.2, 0.25) is 0 Å². The van der Waals surface area contributed by atoms with E-state index < -0.39 is 0 Å². The molecule has 0 radical (unpaired) electrons. The zero-order valence-electron chi connectivity index (χ0n) is 11.1. The summed E-state index contributed by atoms with van der Waals surface area (Å²) in [5, 5.41) is 1.98. The summed E-state index contributed by atoms with van der Waals surface area (Å²) in [4.78, 5) is 15.1. The van der Waals surface area contributed by atoms with E-state index in [-0.39, 0.29) is 5.91 Å². The molecule has 2 fully saturated rings. The average molecular weight is 279 g/mol. The largest absolute Gasteiger partial charge is 0.296 e. The molecule has 1 aromatic heterocycles. The van der Waals surface area contributed by atoms with Gasteiger partial charge in [0.15, 0.2) is 0 Å². The Morgan fingerprint density at radius 2 is 2.26 bits per heavy atom. The lowest BCUT2D eigenvalue weighted by atomic mass is 9.91. The highest BCUT2D eigenvalue weighted by molar-refractivity contribution is 7.12. The van der Waals surface area contributed by atoms with Crippen molar-refractivity contribution in [3.63, 3.8) is 0 Å². The molecule has 0 aromatic carbocycles. The summed E-state index contributed by atoms with van der Waals surface area (Å²) in [6.45, 7) is 2.06. The third kappa shape index (κ3) is 2.55. The maximum atomic E-state index is 11.7. The number of thiophene rings is 1. The predicted molar refractivity (Wildman–Crippen MR) is 76.7 cm³/mol. The van der Waals surface area contributed by atoms with Gasteiger partial charge in [0.05, 0.1) is 4.88 Å². The highest BCUT2D eigenvalue weighted by atomic mass is 32.1. The van der Waals surface area contributed by atoms with E-state index in [1.807, 2.05) is 5.38 Å². The van der Waals surface area contributed by atoms with Gasteiger partial charge in [0.2, 0.25) is 0 Å². The molecule has 19 heavy (non-hydrogen) atoms. The molecule has 1 amide bonds. The molecule has 4 nitrogen and oxygen atoms in total. The summed E-state index contributed by atoms with van der Waals surface area (Å²) < 4.78 is 0. The van der Waals surface area contributed by atoms with E-state index in [4.69, 9.17) is 5.84 Å². The Balaban J connectivity index is 1.74. The zero-order chi connectivity index (χ0) is 13.2. The first-order valence-electron chi connectivity index (χ1n) is 7.11. The molecule has 2 aliphatic rings. The van der Waals surface area contributed by atoms with Crippen molar-refractivity contribution in [3.8, 4) is 0 Å². The first-order valence-corrected chi connectivity index (χ1v) is 7.99. The summed E-state index contributed by atoms with van der Waals surface area (Å²) >= 11 is 1.48. The van der Waals surface area contributed by atoms with E-state index in [0.717, 1.165) is 28.9 Å². The number of carbonyl (C=O) groups excluding carboxylic acids is 1. The maximum absolute atomic E-state index is 11.7. The topological polar surface area (TPSA) is 58.4 Å². The number of nitrogens with two attached hydrogens (primary N) is 1. The molecule has 1 aliphatic heterocycles. The number of likely N-dealkylation sites (tertiary alicyclic amines) is 1. The van der Waals surface area contributed by atoms with Crippen LogP contribution in [-0.4, -0.2) is 23.4 Å². The average Bonchev–Trinajstić information content (AvgIpc) is 3.06. The van der Waals surface area contributed by atoms with Crippen molar-refractivity contribution in [1.29, 1.82) is 0 Å². The number of carbonyl (C=O) groups is 1. The van der Waals surface area contributed by atoms with Gasteiger partial charge in [-0.1, -0.05) is 6.42 Å². The van der Waals surface area contributed by atoms with Crippen LogP contribution in [0.5, 0.6) is 0 Å². The van der Waals surface area contributed by atoms with Crippen molar-refractivity contribution in [2.24, 2.45) is 11.8 Å². The van der Waals surface area contributed by atoms with Gasteiger partial charge in [0.1, 0.15) is 0 Å². The predicted octanol–water partition coefficient (Wildman–Crippen LogP) is 2.12. The van der Waals surface area contributed by atoms with E-state index in [9.17, 15) is 4.79 Å². The lowest BCUT2D eigenvalue weighted by molar-refractivity contribution is 0.0943. The highest BCUT2D eigenvalue weighted by Crippen LogP contribution is 2.37. The second kappa shape index (κ2) is 5.61. The quantitative estimate of drug-likeness (QED) is 0.506. The minimum atomic E-state index is -0.162. The van der Waals surface area contributed by atoms with Gasteiger partial charge in [0.25, 0.3) is 5.91 Å². The number of piperidine rings is 1. The van der Waals surface area contributed by atoms with Gasteiger partial charge in [-0.05, 0) is 55.2 Å². The smallest absolute Gasteiger partial charge is 0.275 e. The molecule has 0 bridgehead atoms. The van der Waals surface area contributed by atoms with E-state index in [2.05, 4.69) is 16.4 Å². The van der Waals surface area contributed by atoms with E-state index in [1.165, 1.54) is 50.0 Å². The van der Waals surface area contributed by atoms with Crippen LogP contribution >= 0.6 is 11.3 Å². The molecule has 5 heteroatoms. The first-order chi connectivity index (χ1) is 9.29. The fraction of sp³-hybridized carbons (Fsp3) is 0.643. The van der Waals surface area contributed by atoms with Gasteiger partial charge >= 0.3 is 0 Å². The molecular formula is C14H21N3OS. The Labute approximate surface area is 117 Å². The van der Waals surface area contributed by atoms with E-state index >= 15 is 0 Å². The molecule has 2 atom stereocenters. The van der Waals surface area contributed by atoms with Crippen molar-refractivity contribution >= 4 is 17.2 Å². The Morgan fingerprint density at radius 1 is 1.42 bits per heavy atom. The maximum Gasteiger partial charge on any atom is 0.275 e. The van der Waals surface area contributed by atoms with E-state index in [0.29, 0.717) is 0 Å². The Kier molecular flexibility index (Phi) is 3.86. The lowest BCUT2D eigenvalue weighted by Gasteiger charge is -2.37. The minimum absolute atomic E-state index is 0.162. The zero-order valence-corrected chi connectivity index (χ0v) is 11.9. The second-order valence-electron chi connectivity index (χ2n) is 5.62. The van der Waals surface area contributed by atoms with Crippen molar-refractivity contribution in [2.75, 3.05) is 6.54 Å². The molecule has 2 heterocycles. The third-order valence-electron chi connectivity index (χ3n) is 4.57. The number of amides is 1. The fourth-order valence-corrected chi connectivity index (χ4v) is 4.52. The number of nitrogen functional groups attached to an aromatic ring is 1. The van der Waals surface area contributed by atoms with E-state index in [1.54, 1.807) is 0 Å². The second-order valence-corrected chi connectivity index (χ2v) is 6.54. The number of hydrogen-bond acceptors (Lipinski definition) is 4. The molecule has 0 spiro atoms. The summed E-state index contributed by atoms with van der Waals surface area (Å²) in [6, 6.07) is 2.80. The fourth-order valence-electron chi connectivity index (χ4n) is 3.70. The molecule has 1 saturated carbocycles. The third-order valence-corrected chi connectivity index (χ3v) is 5.52. The monoisotopic (exact) mass is 279 g/mol. The highest BCUT2D eigenvalue weighted by Gasteiger charge is 2.35. The summed E-state index contributed by atoms with van der Waals surface area (Å²) in [5.74, 6) is 5.97. The molecule has 104 valence electrons. The van der Waals surface area contributed by atoms with Gasteiger partial charge in [-0.3, -0.25) is 15.1 Å². The number of nitrogens with one attached hydrogen (secondary N) is 1. The van der Waals surface area contributed by atoms with Crippen LogP contribution in [-0.2, 0) is 6.54 Å². The summed E-state index contributed by atoms with van der Waals surface area (Å²) in [7, 11) is 0. The molecule has 1 saturated heterocycles. The normalized spacial score (nSPS) is 27.2. The molecule has 3 rings (SSSR count).